The van der Waals surface area contributed by atoms with Crippen LogP contribution in [0.2, 0.25) is 0 Å². The van der Waals surface area contributed by atoms with Crippen molar-refractivity contribution in [1.29, 1.82) is 0 Å². The molecule has 8 nitrogen and oxygen atoms in total. The summed E-state index contributed by atoms with van der Waals surface area (Å²) in [7, 11) is 1.68. The molecule has 180 valence electrons. The molecule has 8 heteroatoms. The summed E-state index contributed by atoms with van der Waals surface area (Å²) in [6, 6.07) is 15.1. The van der Waals surface area contributed by atoms with Gasteiger partial charge in [-0.25, -0.2) is 4.98 Å². The lowest BCUT2D eigenvalue weighted by atomic mass is 9.86. The maximum absolute atomic E-state index is 12.9. The number of carbonyl (C=O) groups is 1. The molecule has 1 amide bonds. The normalized spacial score (nSPS) is 11.4. The summed E-state index contributed by atoms with van der Waals surface area (Å²) in [5, 5.41) is 13.0. The molecule has 0 unspecified atom stereocenters. The van der Waals surface area contributed by atoms with Crippen molar-refractivity contribution in [1.82, 2.24) is 19.7 Å². The van der Waals surface area contributed by atoms with E-state index in [1.54, 1.807) is 19.3 Å². The van der Waals surface area contributed by atoms with Gasteiger partial charge in [-0.3, -0.25) is 14.7 Å². The number of aromatic amines is 1. The molecule has 0 saturated carbocycles. The summed E-state index contributed by atoms with van der Waals surface area (Å²) in [6.07, 6.45) is 1.68. The Morgan fingerprint density at radius 2 is 1.77 bits per heavy atom. The third-order valence-electron chi connectivity index (χ3n) is 5.89. The lowest BCUT2D eigenvalue weighted by Crippen LogP contribution is -2.21. The van der Waals surface area contributed by atoms with E-state index in [0.717, 1.165) is 16.8 Å². The summed E-state index contributed by atoms with van der Waals surface area (Å²) >= 11 is 0. The zero-order valence-corrected chi connectivity index (χ0v) is 20.9. The van der Waals surface area contributed by atoms with Gasteiger partial charge in [0.15, 0.2) is 11.6 Å². The third kappa shape index (κ3) is 5.16. The van der Waals surface area contributed by atoms with Crippen molar-refractivity contribution in [2.45, 2.75) is 40.0 Å². The predicted molar refractivity (Wildman–Crippen MR) is 139 cm³/mol. The SMILES string of the molecule is Cc1cc(Nc2nc(-c3cccc(NC(=O)c4ccc(C(C)(C)C)cc4)c3C)cn(C)c2=O)n[nH]1. The highest BCUT2D eigenvalue weighted by molar-refractivity contribution is 6.05. The Morgan fingerprint density at radius 1 is 1.06 bits per heavy atom. The first kappa shape index (κ1) is 23.9. The van der Waals surface area contributed by atoms with Crippen LogP contribution in [0, 0.1) is 13.8 Å². The maximum Gasteiger partial charge on any atom is 0.293 e. The highest BCUT2D eigenvalue weighted by atomic mass is 16.1. The molecule has 0 saturated heterocycles. The van der Waals surface area contributed by atoms with Crippen LogP contribution in [0.15, 0.2) is 59.5 Å². The molecule has 0 aliphatic heterocycles. The van der Waals surface area contributed by atoms with Gasteiger partial charge >= 0.3 is 0 Å². The number of rotatable bonds is 5. The number of anilines is 3. The Hall–Kier alpha value is -4.20. The quantitative estimate of drug-likeness (QED) is 0.377. The fourth-order valence-corrected chi connectivity index (χ4v) is 3.79. The fraction of sp³-hybridized carbons (Fsp3) is 0.259. The number of aryl methyl sites for hydroxylation is 2. The fourth-order valence-electron chi connectivity index (χ4n) is 3.79. The van der Waals surface area contributed by atoms with Crippen LogP contribution in [-0.4, -0.2) is 25.7 Å². The standard InChI is InChI=1S/C27H30N6O2/c1-16-14-23(32-31-16)30-24-26(35)33(6)15-22(28-24)20-8-7-9-21(17(20)2)29-25(34)18-10-12-19(13-11-18)27(3,4)5/h7-15H,1-6H3,(H,29,34)(H2,28,30,31,32). The Morgan fingerprint density at radius 3 is 2.40 bits per heavy atom. The first-order chi connectivity index (χ1) is 16.5. The Labute approximate surface area is 204 Å². The number of hydrogen-bond acceptors (Lipinski definition) is 5. The van der Waals surface area contributed by atoms with E-state index in [2.05, 4.69) is 46.6 Å². The number of nitrogens with zero attached hydrogens (tertiary/aromatic N) is 3. The molecule has 2 aromatic heterocycles. The average Bonchev–Trinajstić information content (AvgIpc) is 3.22. The van der Waals surface area contributed by atoms with Crippen LogP contribution in [0.4, 0.5) is 17.3 Å². The van der Waals surface area contributed by atoms with Crippen LogP contribution in [-0.2, 0) is 12.5 Å². The summed E-state index contributed by atoms with van der Waals surface area (Å²) in [5.74, 6) is 0.499. The van der Waals surface area contributed by atoms with Crippen molar-refractivity contribution in [2.75, 3.05) is 10.6 Å². The zero-order chi connectivity index (χ0) is 25.3. The lowest BCUT2D eigenvalue weighted by molar-refractivity contribution is 0.102. The first-order valence-electron chi connectivity index (χ1n) is 11.4. The molecule has 0 atom stereocenters. The van der Waals surface area contributed by atoms with E-state index in [4.69, 9.17) is 0 Å². The number of amides is 1. The van der Waals surface area contributed by atoms with Crippen LogP contribution < -0.4 is 16.2 Å². The molecule has 4 aromatic rings. The van der Waals surface area contributed by atoms with Crippen molar-refractivity contribution in [3.05, 3.63) is 87.5 Å². The van der Waals surface area contributed by atoms with E-state index in [1.165, 1.54) is 10.1 Å². The minimum Gasteiger partial charge on any atom is -0.322 e. The summed E-state index contributed by atoms with van der Waals surface area (Å²) in [5.41, 5.74) is 5.31. The molecule has 4 rings (SSSR count). The molecule has 2 aromatic carbocycles. The Kier molecular flexibility index (Phi) is 6.30. The van der Waals surface area contributed by atoms with Crippen LogP contribution in [0.5, 0.6) is 0 Å². The number of hydrogen-bond donors (Lipinski definition) is 3. The third-order valence-corrected chi connectivity index (χ3v) is 5.89. The van der Waals surface area contributed by atoms with Gasteiger partial charge in [-0.1, -0.05) is 45.0 Å². The monoisotopic (exact) mass is 470 g/mol. The van der Waals surface area contributed by atoms with Gasteiger partial charge in [-0.05, 0) is 48.6 Å². The Balaban J connectivity index is 1.63. The van der Waals surface area contributed by atoms with Crippen LogP contribution in [0.1, 0.15) is 48.0 Å². The van der Waals surface area contributed by atoms with E-state index in [1.807, 2.05) is 56.3 Å². The van der Waals surface area contributed by atoms with Gasteiger partial charge in [0.05, 0.1) is 5.69 Å². The molecule has 0 fully saturated rings. The van der Waals surface area contributed by atoms with Gasteiger partial charge in [0.25, 0.3) is 11.5 Å². The van der Waals surface area contributed by atoms with Gasteiger partial charge in [-0.15, -0.1) is 0 Å². The second-order valence-electron chi connectivity index (χ2n) is 9.71. The number of aromatic nitrogens is 4. The topological polar surface area (TPSA) is 105 Å². The predicted octanol–water partition coefficient (Wildman–Crippen LogP) is 5.08. The highest BCUT2D eigenvalue weighted by Crippen LogP contribution is 2.28. The Bertz CT molecular complexity index is 1440. The molecular formula is C27H30N6O2. The van der Waals surface area contributed by atoms with Gasteiger partial charge < -0.3 is 15.2 Å². The van der Waals surface area contributed by atoms with Crippen molar-refractivity contribution in [3.8, 4) is 11.3 Å². The number of carbonyl (C=O) groups excluding carboxylic acids is 1. The van der Waals surface area contributed by atoms with Crippen LogP contribution in [0.25, 0.3) is 11.3 Å². The van der Waals surface area contributed by atoms with Crippen molar-refractivity contribution in [3.63, 3.8) is 0 Å². The number of H-pyrrole nitrogens is 1. The molecule has 3 N–H and O–H groups in total. The lowest BCUT2D eigenvalue weighted by Gasteiger charge is -2.19. The first-order valence-corrected chi connectivity index (χ1v) is 11.4. The summed E-state index contributed by atoms with van der Waals surface area (Å²) < 4.78 is 1.48. The highest BCUT2D eigenvalue weighted by Gasteiger charge is 2.17. The van der Waals surface area contributed by atoms with Crippen LogP contribution in [0.3, 0.4) is 0 Å². The minimum atomic E-state index is -0.268. The average molecular weight is 471 g/mol. The summed E-state index contributed by atoms with van der Waals surface area (Å²) in [6.45, 7) is 10.2. The smallest absolute Gasteiger partial charge is 0.293 e. The molecule has 0 bridgehead atoms. The molecule has 0 spiro atoms. The van der Waals surface area contributed by atoms with Crippen LogP contribution >= 0.6 is 0 Å². The van der Waals surface area contributed by atoms with Crippen molar-refractivity contribution >= 4 is 23.2 Å². The molecule has 35 heavy (non-hydrogen) atoms. The molecule has 0 radical (unpaired) electrons. The van der Waals surface area contributed by atoms with E-state index in [-0.39, 0.29) is 22.7 Å². The number of benzene rings is 2. The minimum absolute atomic E-state index is 0.0202. The maximum atomic E-state index is 12.9. The van der Waals surface area contributed by atoms with E-state index >= 15 is 0 Å². The van der Waals surface area contributed by atoms with Gasteiger partial charge in [0, 0.05) is 41.8 Å². The van der Waals surface area contributed by atoms with E-state index in [0.29, 0.717) is 22.8 Å². The largest absolute Gasteiger partial charge is 0.322 e. The molecule has 0 aliphatic carbocycles. The molecule has 0 aliphatic rings. The summed E-state index contributed by atoms with van der Waals surface area (Å²) in [4.78, 5) is 30.2. The van der Waals surface area contributed by atoms with E-state index < -0.39 is 0 Å². The van der Waals surface area contributed by atoms with Gasteiger partial charge in [0.2, 0.25) is 0 Å². The molecular weight excluding hydrogens is 440 g/mol. The van der Waals surface area contributed by atoms with Crippen molar-refractivity contribution in [2.24, 2.45) is 7.05 Å². The van der Waals surface area contributed by atoms with Crippen molar-refractivity contribution < 1.29 is 4.79 Å². The van der Waals surface area contributed by atoms with Gasteiger partial charge in [0.1, 0.15) is 0 Å². The second-order valence-corrected chi connectivity index (χ2v) is 9.71. The van der Waals surface area contributed by atoms with Gasteiger partial charge in [-0.2, -0.15) is 5.10 Å². The molecule has 2 heterocycles. The second kappa shape index (κ2) is 9.21. The zero-order valence-electron chi connectivity index (χ0n) is 20.9. The van der Waals surface area contributed by atoms with E-state index in [9.17, 15) is 9.59 Å². The number of nitrogens with one attached hydrogen (secondary N) is 3.